The molecular weight excluding hydrogens is 357 g/mol. The molecule has 0 radical (unpaired) electrons. The summed E-state index contributed by atoms with van der Waals surface area (Å²) < 4.78 is 14.5. The molecule has 0 bridgehead atoms. The first kappa shape index (κ1) is 17.3. The van der Waals surface area contributed by atoms with Crippen LogP contribution in [0.2, 0.25) is 5.02 Å². The van der Waals surface area contributed by atoms with Crippen molar-refractivity contribution in [2.75, 3.05) is 0 Å². The maximum absolute atomic E-state index is 14.5. The standard InChI is InChI=1S/C18H11ClFN5O/c1-23-10-3-4-11(14(20)7-10)16-12-6-9(17(26)25-18(21)22)2-5-15(12)24-8-13(16)19/h2-8H,(H4,21,22,25,26). The van der Waals surface area contributed by atoms with E-state index >= 15 is 0 Å². The van der Waals surface area contributed by atoms with E-state index in [2.05, 4.69) is 14.8 Å². The summed E-state index contributed by atoms with van der Waals surface area (Å²) >= 11 is 6.26. The number of nitrogens with zero attached hydrogens (tertiary/aromatic N) is 3. The third-order valence-electron chi connectivity index (χ3n) is 3.65. The molecule has 4 N–H and O–H groups in total. The van der Waals surface area contributed by atoms with Crippen molar-refractivity contribution in [1.82, 2.24) is 4.98 Å². The van der Waals surface area contributed by atoms with Crippen molar-refractivity contribution >= 4 is 40.1 Å². The zero-order chi connectivity index (χ0) is 18.8. The first-order valence-electron chi connectivity index (χ1n) is 7.30. The van der Waals surface area contributed by atoms with Gasteiger partial charge in [-0.2, -0.15) is 4.99 Å². The van der Waals surface area contributed by atoms with Crippen molar-refractivity contribution in [1.29, 1.82) is 0 Å². The molecule has 0 unspecified atom stereocenters. The minimum Gasteiger partial charge on any atom is -0.370 e. The number of carbonyl (C=O) groups excluding carboxylic acids is 1. The number of carbonyl (C=O) groups is 1. The van der Waals surface area contributed by atoms with Gasteiger partial charge in [-0.25, -0.2) is 9.24 Å². The summed E-state index contributed by atoms with van der Waals surface area (Å²) in [4.78, 5) is 23.0. The molecule has 1 amide bonds. The molecule has 0 saturated heterocycles. The molecule has 0 atom stereocenters. The van der Waals surface area contributed by atoms with Crippen LogP contribution in [0.15, 0.2) is 47.6 Å². The quantitative estimate of drug-likeness (QED) is 0.410. The number of rotatable bonds is 2. The first-order chi connectivity index (χ1) is 12.4. The number of hydrogen-bond acceptors (Lipinski definition) is 2. The number of aliphatic imine (C=N–C) groups is 1. The molecule has 6 nitrogen and oxygen atoms in total. The van der Waals surface area contributed by atoms with Gasteiger partial charge in [0.2, 0.25) is 0 Å². The predicted molar refractivity (Wildman–Crippen MR) is 98.5 cm³/mol. The van der Waals surface area contributed by atoms with Crippen LogP contribution in [0.4, 0.5) is 10.1 Å². The summed E-state index contributed by atoms with van der Waals surface area (Å²) in [5.74, 6) is -1.60. The lowest BCUT2D eigenvalue weighted by atomic mass is 9.98. The van der Waals surface area contributed by atoms with Crippen LogP contribution in [0, 0.1) is 12.4 Å². The van der Waals surface area contributed by atoms with Gasteiger partial charge >= 0.3 is 0 Å². The molecule has 0 spiro atoms. The van der Waals surface area contributed by atoms with Crippen molar-refractivity contribution in [3.05, 3.63) is 70.4 Å². The maximum Gasteiger partial charge on any atom is 0.280 e. The Balaban J connectivity index is 2.28. The van der Waals surface area contributed by atoms with Crippen molar-refractivity contribution in [3.8, 4) is 11.1 Å². The van der Waals surface area contributed by atoms with Gasteiger partial charge in [0.15, 0.2) is 11.6 Å². The van der Waals surface area contributed by atoms with Crippen molar-refractivity contribution in [3.63, 3.8) is 0 Å². The number of benzene rings is 2. The number of amides is 1. The fourth-order valence-electron chi connectivity index (χ4n) is 2.53. The highest BCUT2D eigenvalue weighted by molar-refractivity contribution is 6.34. The first-order valence-corrected chi connectivity index (χ1v) is 7.68. The van der Waals surface area contributed by atoms with Crippen LogP contribution in [0.25, 0.3) is 26.9 Å². The van der Waals surface area contributed by atoms with Gasteiger partial charge in [0.25, 0.3) is 5.91 Å². The molecule has 0 aliphatic heterocycles. The highest BCUT2D eigenvalue weighted by Gasteiger charge is 2.16. The molecule has 26 heavy (non-hydrogen) atoms. The van der Waals surface area contributed by atoms with Crippen LogP contribution in [0.1, 0.15) is 10.4 Å². The van der Waals surface area contributed by atoms with Gasteiger partial charge in [-0.15, -0.1) is 0 Å². The molecule has 1 heterocycles. The smallest absolute Gasteiger partial charge is 0.280 e. The molecule has 0 aliphatic rings. The molecule has 0 saturated carbocycles. The van der Waals surface area contributed by atoms with Gasteiger partial charge in [-0.05, 0) is 24.3 Å². The minimum absolute atomic E-state index is 0.171. The molecule has 2 aromatic carbocycles. The highest BCUT2D eigenvalue weighted by atomic mass is 35.5. The number of guanidine groups is 1. The van der Waals surface area contributed by atoms with Gasteiger partial charge in [0.05, 0.1) is 17.1 Å². The Hall–Kier alpha value is -3.50. The Bertz CT molecular complexity index is 1120. The van der Waals surface area contributed by atoms with Crippen LogP contribution >= 0.6 is 11.6 Å². The van der Waals surface area contributed by atoms with E-state index in [9.17, 15) is 9.18 Å². The number of nitrogens with two attached hydrogens (primary N) is 2. The van der Waals surface area contributed by atoms with Crippen LogP contribution < -0.4 is 11.5 Å². The summed E-state index contributed by atoms with van der Waals surface area (Å²) in [6.07, 6.45) is 1.40. The van der Waals surface area contributed by atoms with E-state index in [1.807, 2.05) is 0 Å². The van der Waals surface area contributed by atoms with E-state index in [-0.39, 0.29) is 27.8 Å². The number of fused-ring (bicyclic) bond motifs is 1. The topological polar surface area (TPSA) is 98.7 Å². The van der Waals surface area contributed by atoms with E-state index in [1.54, 1.807) is 6.07 Å². The van der Waals surface area contributed by atoms with Gasteiger partial charge in [-0.1, -0.05) is 23.7 Å². The van der Waals surface area contributed by atoms with Gasteiger partial charge in [-0.3, -0.25) is 9.78 Å². The lowest BCUT2D eigenvalue weighted by Gasteiger charge is -2.11. The summed E-state index contributed by atoms with van der Waals surface area (Å²) in [6, 6.07) is 8.69. The van der Waals surface area contributed by atoms with E-state index in [4.69, 9.17) is 29.6 Å². The van der Waals surface area contributed by atoms with Crippen LogP contribution in [0.3, 0.4) is 0 Å². The van der Waals surface area contributed by atoms with Crippen molar-refractivity contribution in [2.24, 2.45) is 16.5 Å². The highest BCUT2D eigenvalue weighted by Crippen LogP contribution is 2.37. The van der Waals surface area contributed by atoms with Gasteiger partial charge in [0, 0.05) is 28.3 Å². The number of hydrogen-bond donors (Lipinski definition) is 2. The maximum atomic E-state index is 14.5. The van der Waals surface area contributed by atoms with E-state index in [0.29, 0.717) is 16.5 Å². The molecule has 3 aromatic rings. The fourth-order valence-corrected chi connectivity index (χ4v) is 2.79. The average molecular weight is 368 g/mol. The Morgan fingerprint density at radius 3 is 2.65 bits per heavy atom. The third-order valence-corrected chi connectivity index (χ3v) is 3.94. The largest absolute Gasteiger partial charge is 0.370 e. The summed E-state index contributed by atoms with van der Waals surface area (Å²) in [5, 5.41) is 0.669. The SMILES string of the molecule is [C-]#[N+]c1ccc(-c2c(Cl)cnc3ccc(C(=O)N=C(N)N)cc23)c(F)c1. The Labute approximate surface area is 152 Å². The lowest BCUT2D eigenvalue weighted by Crippen LogP contribution is -2.24. The Morgan fingerprint density at radius 1 is 1.23 bits per heavy atom. The van der Waals surface area contributed by atoms with Crippen molar-refractivity contribution < 1.29 is 9.18 Å². The zero-order valence-corrected chi connectivity index (χ0v) is 14.0. The molecule has 3 rings (SSSR count). The van der Waals surface area contributed by atoms with Crippen LogP contribution in [0.5, 0.6) is 0 Å². The average Bonchev–Trinajstić information content (AvgIpc) is 2.61. The molecule has 1 aromatic heterocycles. The summed E-state index contributed by atoms with van der Waals surface area (Å²) in [5.41, 5.74) is 11.9. The van der Waals surface area contributed by atoms with E-state index < -0.39 is 11.7 Å². The Morgan fingerprint density at radius 2 is 2.00 bits per heavy atom. The predicted octanol–water partition coefficient (Wildman–Crippen LogP) is 3.66. The van der Waals surface area contributed by atoms with Gasteiger partial charge in [0.1, 0.15) is 5.82 Å². The molecule has 8 heteroatoms. The third kappa shape index (κ3) is 3.18. The number of halogens is 2. The minimum atomic E-state index is -0.637. The second-order valence-corrected chi connectivity index (χ2v) is 5.74. The summed E-state index contributed by atoms with van der Waals surface area (Å²) in [7, 11) is 0. The van der Waals surface area contributed by atoms with E-state index in [1.165, 1.54) is 30.5 Å². The monoisotopic (exact) mass is 367 g/mol. The Kier molecular flexibility index (Phi) is 4.52. The number of pyridine rings is 1. The molecule has 128 valence electrons. The second kappa shape index (κ2) is 6.78. The summed E-state index contributed by atoms with van der Waals surface area (Å²) in [6.45, 7) is 6.97. The zero-order valence-electron chi connectivity index (χ0n) is 13.2. The lowest BCUT2D eigenvalue weighted by molar-refractivity contribution is 0.100. The second-order valence-electron chi connectivity index (χ2n) is 5.33. The molecule has 0 aliphatic carbocycles. The fraction of sp³-hybridized carbons (Fsp3) is 0. The van der Waals surface area contributed by atoms with E-state index in [0.717, 1.165) is 6.07 Å². The molecule has 0 fully saturated rings. The van der Waals surface area contributed by atoms with Gasteiger partial charge < -0.3 is 11.5 Å². The normalized spacial score (nSPS) is 10.3. The van der Waals surface area contributed by atoms with Crippen LogP contribution in [-0.4, -0.2) is 16.9 Å². The number of aromatic nitrogens is 1. The van der Waals surface area contributed by atoms with Crippen molar-refractivity contribution in [2.45, 2.75) is 0 Å². The van der Waals surface area contributed by atoms with Crippen LogP contribution in [-0.2, 0) is 0 Å². The molecular formula is C18H11ClFN5O.